The van der Waals surface area contributed by atoms with E-state index in [-0.39, 0.29) is 18.4 Å². The fourth-order valence-corrected chi connectivity index (χ4v) is 4.10. The molecule has 0 saturated heterocycles. The molecule has 0 saturated carbocycles. The van der Waals surface area contributed by atoms with Crippen molar-refractivity contribution in [2.24, 2.45) is 0 Å². The second-order valence-electron chi connectivity index (χ2n) is 8.25. The number of carbonyl (C=O) groups is 2. The van der Waals surface area contributed by atoms with Crippen LogP contribution in [0.4, 0.5) is 0 Å². The van der Waals surface area contributed by atoms with Gasteiger partial charge in [-0.3, -0.25) is 9.59 Å². The predicted octanol–water partition coefficient (Wildman–Crippen LogP) is 4.02. The van der Waals surface area contributed by atoms with Gasteiger partial charge >= 0.3 is 0 Å². The largest absolute Gasteiger partial charge is 0.496 e. The zero-order valence-electron chi connectivity index (χ0n) is 20.4. The first-order valence-corrected chi connectivity index (χ1v) is 11.8. The Morgan fingerprint density at radius 2 is 1.68 bits per heavy atom. The molecule has 2 amide bonds. The van der Waals surface area contributed by atoms with Crippen LogP contribution in [0.5, 0.6) is 5.75 Å². The molecule has 1 aromatic heterocycles. The van der Waals surface area contributed by atoms with Gasteiger partial charge in [0.25, 0.3) is 0 Å². The van der Waals surface area contributed by atoms with E-state index in [0.717, 1.165) is 27.8 Å². The van der Waals surface area contributed by atoms with Crippen LogP contribution in [0.15, 0.2) is 54.7 Å². The molecule has 1 heterocycles. The fraction of sp³-hybridized carbons (Fsp3) is 0.407. The third-order valence-corrected chi connectivity index (χ3v) is 5.99. The molecule has 7 nitrogen and oxygen atoms in total. The Morgan fingerprint density at radius 1 is 0.912 bits per heavy atom. The van der Waals surface area contributed by atoms with Gasteiger partial charge in [-0.15, -0.1) is 0 Å². The molecule has 0 aliphatic heterocycles. The lowest BCUT2D eigenvalue weighted by atomic mass is 10.1. The van der Waals surface area contributed by atoms with Gasteiger partial charge in [0.2, 0.25) is 11.8 Å². The molecule has 0 atom stereocenters. The number of methoxy groups -OCH3 is 2. The van der Waals surface area contributed by atoms with E-state index in [4.69, 9.17) is 9.47 Å². The van der Waals surface area contributed by atoms with Gasteiger partial charge in [0, 0.05) is 62.4 Å². The van der Waals surface area contributed by atoms with E-state index in [2.05, 4.69) is 11.1 Å². The first-order chi connectivity index (χ1) is 16.6. The molecular weight excluding hydrogens is 430 g/mol. The second kappa shape index (κ2) is 12.8. The molecule has 0 radical (unpaired) electrons. The van der Waals surface area contributed by atoms with E-state index in [0.29, 0.717) is 45.5 Å². The van der Waals surface area contributed by atoms with Crippen LogP contribution in [0.1, 0.15) is 30.9 Å². The minimum absolute atomic E-state index is 0.0293. The Balaban J connectivity index is 1.79. The van der Waals surface area contributed by atoms with E-state index >= 15 is 0 Å². The normalized spacial score (nSPS) is 10.9. The Bertz CT molecular complexity index is 1080. The number of nitrogens with zero attached hydrogens (tertiary/aromatic N) is 2. The maximum absolute atomic E-state index is 13.5. The number of nitrogens with one attached hydrogen (secondary N) is 1. The van der Waals surface area contributed by atoms with Gasteiger partial charge < -0.3 is 24.3 Å². The lowest BCUT2D eigenvalue weighted by Gasteiger charge is -2.28. The highest BCUT2D eigenvalue weighted by atomic mass is 16.5. The van der Waals surface area contributed by atoms with Gasteiger partial charge in [-0.2, -0.15) is 0 Å². The molecule has 0 aliphatic carbocycles. The van der Waals surface area contributed by atoms with Crippen molar-refractivity contribution in [1.82, 2.24) is 14.8 Å². The van der Waals surface area contributed by atoms with Crippen LogP contribution in [0.25, 0.3) is 10.9 Å². The molecule has 0 bridgehead atoms. The van der Waals surface area contributed by atoms with Crippen molar-refractivity contribution in [2.45, 2.75) is 32.7 Å². The molecule has 1 N–H and O–H groups in total. The van der Waals surface area contributed by atoms with Crippen LogP contribution >= 0.6 is 0 Å². The molecule has 0 spiro atoms. The van der Waals surface area contributed by atoms with Crippen LogP contribution in [0.3, 0.4) is 0 Å². The fourth-order valence-electron chi connectivity index (χ4n) is 4.10. The van der Waals surface area contributed by atoms with Crippen molar-refractivity contribution in [3.05, 3.63) is 65.9 Å². The van der Waals surface area contributed by atoms with E-state index in [1.54, 1.807) is 19.1 Å². The first kappa shape index (κ1) is 25.3. The monoisotopic (exact) mass is 465 g/mol. The number of aromatic amines is 1. The lowest BCUT2D eigenvalue weighted by Crippen LogP contribution is -2.43. The van der Waals surface area contributed by atoms with Crippen molar-refractivity contribution < 1.29 is 19.1 Å². The summed E-state index contributed by atoms with van der Waals surface area (Å²) in [6, 6.07) is 15.9. The van der Waals surface area contributed by atoms with Gasteiger partial charge in [0.1, 0.15) is 5.75 Å². The van der Waals surface area contributed by atoms with E-state index in [9.17, 15) is 9.59 Å². The van der Waals surface area contributed by atoms with E-state index in [1.165, 1.54) is 0 Å². The first-order valence-electron chi connectivity index (χ1n) is 11.8. The number of fused-ring (bicyclic) bond motifs is 1. The number of amides is 2. The molecule has 3 rings (SSSR count). The number of H-pyrrole nitrogens is 1. The highest BCUT2D eigenvalue weighted by Crippen LogP contribution is 2.22. The average Bonchev–Trinajstić information content (AvgIpc) is 3.28. The Labute approximate surface area is 201 Å². The number of ether oxygens (including phenoxy) is 2. The van der Waals surface area contributed by atoms with Crippen molar-refractivity contribution >= 4 is 22.7 Å². The molecule has 34 heavy (non-hydrogen) atoms. The minimum Gasteiger partial charge on any atom is -0.496 e. The molecule has 7 heteroatoms. The zero-order chi connectivity index (χ0) is 24.3. The maximum Gasteiger partial charge on any atom is 0.242 e. The summed E-state index contributed by atoms with van der Waals surface area (Å²) >= 11 is 0. The number of para-hydroxylation sites is 2. The van der Waals surface area contributed by atoms with Gasteiger partial charge in [0.05, 0.1) is 13.7 Å². The smallest absolute Gasteiger partial charge is 0.242 e. The lowest BCUT2D eigenvalue weighted by molar-refractivity contribution is -0.140. The van der Waals surface area contributed by atoms with Crippen molar-refractivity contribution in [3.8, 4) is 5.75 Å². The molecule has 0 aliphatic rings. The molecule has 3 aromatic rings. The third-order valence-electron chi connectivity index (χ3n) is 5.99. The summed E-state index contributed by atoms with van der Waals surface area (Å²) in [6.07, 6.45) is 3.77. The van der Waals surface area contributed by atoms with E-state index < -0.39 is 0 Å². The van der Waals surface area contributed by atoms with Gasteiger partial charge in [0.15, 0.2) is 0 Å². The molecule has 2 aromatic carbocycles. The highest BCUT2D eigenvalue weighted by Gasteiger charge is 2.22. The van der Waals surface area contributed by atoms with Gasteiger partial charge in [-0.1, -0.05) is 43.3 Å². The number of hydrogen-bond acceptors (Lipinski definition) is 4. The van der Waals surface area contributed by atoms with Crippen LogP contribution in [0.2, 0.25) is 0 Å². The maximum atomic E-state index is 13.5. The number of aromatic nitrogens is 1. The SMILES string of the molecule is CCC(=O)N(CCCOC)CC(=O)N(CCc1c[nH]c2ccccc12)Cc1ccccc1OC. The number of hydrogen-bond donors (Lipinski definition) is 1. The van der Waals surface area contributed by atoms with Gasteiger partial charge in [-0.25, -0.2) is 0 Å². The quantitative estimate of drug-likeness (QED) is 0.387. The van der Waals surface area contributed by atoms with E-state index in [1.807, 2.05) is 60.5 Å². The number of benzene rings is 2. The summed E-state index contributed by atoms with van der Waals surface area (Å²) in [6.45, 7) is 3.87. The highest BCUT2D eigenvalue weighted by molar-refractivity contribution is 5.85. The molecule has 0 fully saturated rings. The van der Waals surface area contributed by atoms with Crippen LogP contribution in [-0.2, 0) is 27.3 Å². The average molecular weight is 466 g/mol. The predicted molar refractivity (Wildman–Crippen MR) is 134 cm³/mol. The van der Waals surface area contributed by atoms with Crippen molar-refractivity contribution in [3.63, 3.8) is 0 Å². The van der Waals surface area contributed by atoms with Crippen molar-refractivity contribution in [2.75, 3.05) is 40.5 Å². The summed E-state index contributed by atoms with van der Waals surface area (Å²) in [5.41, 5.74) is 3.18. The molecule has 0 unspecified atom stereocenters. The molecular formula is C27H35N3O4. The topological polar surface area (TPSA) is 74.9 Å². The summed E-state index contributed by atoms with van der Waals surface area (Å²) in [5.74, 6) is 0.636. The minimum atomic E-state index is -0.0787. The summed E-state index contributed by atoms with van der Waals surface area (Å²) in [7, 11) is 3.27. The summed E-state index contributed by atoms with van der Waals surface area (Å²) in [4.78, 5) is 32.8. The summed E-state index contributed by atoms with van der Waals surface area (Å²) < 4.78 is 10.6. The number of rotatable bonds is 13. The number of carbonyl (C=O) groups excluding carboxylic acids is 2. The van der Waals surface area contributed by atoms with Crippen LogP contribution in [-0.4, -0.2) is 67.1 Å². The second-order valence-corrected chi connectivity index (χ2v) is 8.25. The Kier molecular flexibility index (Phi) is 9.52. The third kappa shape index (κ3) is 6.60. The molecule has 182 valence electrons. The van der Waals surface area contributed by atoms with Gasteiger partial charge in [-0.05, 0) is 30.5 Å². The Hall–Kier alpha value is -3.32. The van der Waals surface area contributed by atoms with Crippen molar-refractivity contribution in [1.29, 1.82) is 0 Å². The zero-order valence-corrected chi connectivity index (χ0v) is 20.4. The van der Waals surface area contributed by atoms with Crippen LogP contribution in [0, 0.1) is 0 Å². The standard InChI is InChI=1S/C27H35N3O4/c1-4-26(31)29(15-9-17-33-2)20-27(32)30(19-22-10-5-8-13-25(22)34-3)16-14-21-18-28-24-12-7-6-11-23(21)24/h5-8,10-13,18,28H,4,9,14-17,19-20H2,1-3H3. The summed E-state index contributed by atoms with van der Waals surface area (Å²) in [5, 5.41) is 1.16. The Morgan fingerprint density at radius 3 is 2.44 bits per heavy atom. The van der Waals surface area contributed by atoms with Crippen LogP contribution < -0.4 is 4.74 Å².